The summed E-state index contributed by atoms with van der Waals surface area (Å²) >= 11 is 0. The summed E-state index contributed by atoms with van der Waals surface area (Å²) in [5.74, 6) is 0.504. The lowest BCUT2D eigenvalue weighted by molar-refractivity contribution is -0.384. The van der Waals surface area contributed by atoms with Crippen molar-refractivity contribution in [3.8, 4) is 11.5 Å². The van der Waals surface area contributed by atoms with Crippen LogP contribution in [-0.2, 0) is 6.42 Å². The van der Waals surface area contributed by atoms with Crippen LogP contribution in [0.4, 0.5) is 5.69 Å². The van der Waals surface area contributed by atoms with Crippen molar-refractivity contribution in [3.63, 3.8) is 0 Å². The Labute approximate surface area is 142 Å². The number of nitrogens with zero attached hydrogens (tertiary/aromatic N) is 2. The van der Waals surface area contributed by atoms with Gasteiger partial charge < -0.3 is 13.9 Å². The fourth-order valence-corrected chi connectivity index (χ4v) is 2.30. The normalized spacial score (nSPS) is 10.6. The molecule has 1 aromatic heterocycles. The minimum absolute atomic E-state index is 0.0885. The van der Waals surface area contributed by atoms with E-state index in [1.807, 2.05) is 6.92 Å². The number of fused-ring (bicyclic) bond motifs is 1. The maximum Gasteiger partial charge on any atom is 0.347 e. The minimum atomic E-state index is -0.652. The topological polar surface area (TPSA) is 105 Å². The van der Waals surface area contributed by atoms with Crippen molar-refractivity contribution in [3.05, 3.63) is 58.0 Å². The number of aromatic nitrogens is 1. The molecule has 1 heterocycles. The first-order chi connectivity index (χ1) is 12.0. The summed E-state index contributed by atoms with van der Waals surface area (Å²) in [4.78, 5) is 26.9. The minimum Gasteiger partial charge on any atom is -0.494 e. The molecule has 3 aromatic rings. The molecular weight excluding hydrogens is 328 g/mol. The summed E-state index contributed by atoms with van der Waals surface area (Å²) in [6, 6.07) is 8.37. The standard InChI is InChI=1S/C17H14N2O6/c1-3-14-18-15-13(23-2)9-8-12(16(15)25-14)17(20)24-11-6-4-10(5-7-11)19(21)22/h4-9H,3H2,1-2H3. The Morgan fingerprint density at radius 1 is 1.24 bits per heavy atom. The fraction of sp³-hybridized carbons (Fsp3) is 0.176. The Balaban J connectivity index is 1.94. The zero-order chi connectivity index (χ0) is 18.0. The van der Waals surface area contributed by atoms with Crippen LogP contribution in [0.2, 0.25) is 0 Å². The number of hydrogen-bond acceptors (Lipinski definition) is 7. The molecule has 128 valence electrons. The van der Waals surface area contributed by atoms with Gasteiger partial charge in [-0.05, 0) is 24.3 Å². The number of methoxy groups -OCH3 is 1. The molecule has 0 aliphatic rings. The Bertz CT molecular complexity index is 946. The Hall–Kier alpha value is -3.42. The van der Waals surface area contributed by atoms with Gasteiger partial charge in [-0.2, -0.15) is 0 Å². The van der Waals surface area contributed by atoms with Crippen LogP contribution in [0.1, 0.15) is 23.2 Å². The van der Waals surface area contributed by atoms with Crippen LogP contribution in [0.5, 0.6) is 11.5 Å². The number of hydrogen-bond donors (Lipinski definition) is 0. The molecule has 3 rings (SSSR count). The van der Waals surface area contributed by atoms with Crippen molar-refractivity contribution in [2.45, 2.75) is 13.3 Å². The van der Waals surface area contributed by atoms with Gasteiger partial charge in [-0.1, -0.05) is 6.92 Å². The zero-order valence-electron chi connectivity index (χ0n) is 13.5. The van der Waals surface area contributed by atoms with E-state index in [2.05, 4.69) is 4.98 Å². The maximum absolute atomic E-state index is 12.5. The molecule has 0 fully saturated rings. The van der Waals surface area contributed by atoms with E-state index in [-0.39, 0.29) is 22.6 Å². The number of benzene rings is 2. The van der Waals surface area contributed by atoms with Gasteiger partial charge in [0.15, 0.2) is 17.0 Å². The lowest BCUT2D eigenvalue weighted by Gasteiger charge is -2.06. The van der Waals surface area contributed by atoms with Gasteiger partial charge in [-0.3, -0.25) is 10.1 Å². The molecule has 0 saturated heterocycles. The first kappa shape index (κ1) is 16.4. The highest BCUT2D eigenvalue weighted by Gasteiger charge is 2.20. The molecule has 0 unspecified atom stereocenters. The van der Waals surface area contributed by atoms with Crippen molar-refractivity contribution in [1.29, 1.82) is 0 Å². The number of rotatable bonds is 5. The highest BCUT2D eigenvalue weighted by molar-refractivity contribution is 6.03. The lowest BCUT2D eigenvalue weighted by Crippen LogP contribution is -2.09. The van der Waals surface area contributed by atoms with E-state index < -0.39 is 10.9 Å². The number of oxazole rings is 1. The van der Waals surface area contributed by atoms with Crippen molar-refractivity contribution < 1.29 is 23.6 Å². The highest BCUT2D eigenvalue weighted by Crippen LogP contribution is 2.30. The van der Waals surface area contributed by atoms with Crippen LogP contribution in [-0.4, -0.2) is 23.0 Å². The number of non-ortho nitro benzene ring substituents is 1. The summed E-state index contributed by atoms with van der Waals surface area (Å²) in [6.07, 6.45) is 0.564. The molecule has 0 spiro atoms. The summed E-state index contributed by atoms with van der Waals surface area (Å²) in [5.41, 5.74) is 0.830. The third-order valence-electron chi connectivity index (χ3n) is 3.55. The number of aryl methyl sites for hydroxylation is 1. The molecule has 0 bridgehead atoms. The van der Waals surface area contributed by atoms with Crippen LogP contribution in [0, 0.1) is 10.1 Å². The van der Waals surface area contributed by atoms with Gasteiger partial charge in [0.1, 0.15) is 17.1 Å². The van der Waals surface area contributed by atoms with Crippen molar-refractivity contribution >= 4 is 22.8 Å². The van der Waals surface area contributed by atoms with E-state index in [4.69, 9.17) is 13.9 Å². The van der Waals surface area contributed by atoms with Crippen LogP contribution < -0.4 is 9.47 Å². The molecule has 8 heteroatoms. The molecule has 0 aliphatic carbocycles. The van der Waals surface area contributed by atoms with E-state index in [9.17, 15) is 14.9 Å². The van der Waals surface area contributed by atoms with Crippen LogP contribution in [0.3, 0.4) is 0 Å². The van der Waals surface area contributed by atoms with Gasteiger partial charge in [0.25, 0.3) is 5.69 Å². The molecule has 0 N–H and O–H groups in total. The molecular formula is C17H14N2O6. The van der Waals surface area contributed by atoms with E-state index in [1.54, 1.807) is 6.07 Å². The van der Waals surface area contributed by atoms with E-state index in [1.165, 1.54) is 37.4 Å². The fourth-order valence-electron chi connectivity index (χ4n) is 2.30. The molecule has 0 aliphatic heterocycles. The second-order valence-corrected chi connectivity index (χ2v) is 5.09. The zero-order valence-corrected chi connectivity index (χ0v) is 13.5. The van der Waals surface area contributed by atoms with Gasteiger partial charge in [-0.25, -0.2) is 9.78 Å². The molecule has 2 aromatic carbocycles. The summed E-state index contributed by atoms with van der Waals surface area (Å²) < 4.78 is 16.1. The second-order valence-electron chi connectivity index (χ2n) is 5.09. The smallest absolute Gasteiger partial charge is 0.347 e. The van der Waals surface area contributed by atoms with Crippen molar-refractivity contribution in [2.24, 2.45) is 0 Å². The first-order valence-corrected chi connectivity index (χ1v) is 7.46. The van der Waals surface area contributed by atoms with Gasteiger partial charge in [0, 0.05) is 18.6 Å². The largest absolute Gasteiger partial charge is 0.494 e. The Kier molecular flexibility index (Phi) is 4.34. The Morgan fingerprint density at radius 2 is 1.96 bits per heavy atom. The molecule has 0 saturated carbocycles. The molecule has 8 nitrogen and oxygen atoms in total. The van der Waals surface area contributed by atoms with Crippen LogP contribution in [0.25, 0.3) is 11.1 Å². The monoisotopic (exact) mass is 342 g/mol. The quantitative estimate of drug-likeness (QED) is 0.302. The van der Waals surface area contributed by atoms with Crippen molar-refractivity contribution in [1.82, 2.24) is 4.98 Å². The number of nitro benzene ring substituents is 1. The summed E-state index contributed by atoms with van der Waals surface area (Å²) in [6.45, 7) is 1.88. The summed E-state index contributed by atoms with van der Waals surface area (Å²) in [5, 5.41) is 10.7. The number of nitro groups is 1. The average molecular weight is 342 g/mol. The van der Waals surface area contributed by atoms with Gasteiger partial charge in [0.2, 0.25) is 0 Å². The molecule has 0 amide bonds. The number of carbonyl (C=O) groups is 1. The van der Waals surface area contributed by atoms with Crippen LogP contribution >= 0.6 is 0 Å². The van der Waals surface area contributed by atoms with Gasteiger partial charge >= 0.3 is 5.97 Å². The van der Waals surface area contributed by atoms with E-state index in [0.29, 0.717) is 23.6 Å². The molecule has 25 heavy (non-hydrogen) atoms. The lowest BCUT2D eigenvalue weighted by atomic mass is 10.2. The first-order valence-electron chi connectivity index (χ1n) is 7.46. The van der Waals surface area contributed by atoms with Crippen LogP contribution in [0.15, 0.2) is 40.8 Å². The van der Waals surface area contributed by atoms with Gasteiger partial charge in [0.05, 0.1) is 12.0 Å². The average Bonchev–Trinajstić information content (AvgIpc) is 3.05. The van der Waals surface area contributed by atoms with Gasteiger partial charge in [-0.15, -0.1) is 0 Å². The SMILES string of the molecule is CCc1nc2c(OC)ccc(C(=O)Oc3ccc([N+](=O)[O-])cc3)c2o1. The summed E-state index contributed by atoms with van der Waals surface area (Å²) in [7, 11) is 1.50. The molecule has 0 atom stereocenters. The second kappa shape index (κ2) is 6.60. The number of carbonyl (C=O) groups excluding carboxylic acids is 1. The number of esters is 1. The molecule has 0 radical (unpaired) electrons. The third kappa shape index (κ3) is 3.14. The highest BCUT2D eigenvalue weighted by atomic mass is 16.6. The van der Waals surface area contributed by atoms with E-state index >= 15 is 0 Å². The predicted molar refractivity (Wildman–Crippen MR) is 88.0 cm³/mol. The third-order valence-corrected chi connectivity index (χ3v) is 3.55. The predicted octanol–water partition coefficient (Wildman–Crippen LogP) is 3.53. The van der Waals surface area contributed by atoms with Crippen molar-refractivity contribution in [2.75, 3.05) is 7.11 Å². The van der Waals surface area contributed by atoms with E-state index in [0.717, 1.165) is 0 Å². The Morgan fingerprint density at radius 3 is 2.56 bits per heavy atom. The maximum atomic E-state index is 12.5. The number of ether oxygens (including phenoxy) is 2.